The molecule has 2 atom stereocenters. The van der Waals surface area contributed by atoms with Crippen molar-refractivity contribution in [2.24, 2.45) is 0 Å². The van der Waals surface area contributed by atoms with Gasteiger partial charge in [0, 0.05) is 25.6 Å². The predicted octanol–water partition coefficient (Wildman–Crippen LogP) is 1.24. The standard InChI is InChI=1S/C7H16ClNO/c1-6(8)4-9-5-7(2)10-3/h6-7,9H,4-5H2,1-3H3. The Bertz CT molecular complexity index is 78.0. The molecule has 2 unspecified atom stereocenters. The van der Waals surface area contributed by atoms with Crippen LogP contribution < -0.4 is 5.32 Å². The van der Waals surface area contributed by atoms with Gasteiger partial charge in [0.25, 0.3) is 0 Å². The van der Waals surface area contributed by atoms with Gasteiger partial charge in [-0.25, -0.2) is 0 Å². The summed E-state index contributed by atoms with van der Waals surface area (Å²) < 4.78 is 5.03. The topological polar surface area (TPSA) is 21.3 Å². The van der Waals surface area contributed by atoms with Crippen LogP contribution in [0.2, 0.25) is 0 Å². The number of nitrogens with one attached hydrogen (secondary N) is 1. The van der Waals surface area contributed by atoms with Gasteiger partial charge in [-0.15, -0.1) is 11.6 Å². The fraction of sp³-hybridized carbons (Fsp3) is 1.00. The van der Waals surface area contributed by atoms with Crippen molar-refractivity contribution in [1.82, 2.24) is 5.32 Å². The van der Waals surface area contributed by atoms with Gasteiger partial charge in [-0.2, -0.15) is 0 Å². The zero-order valence-electron chi connectivity index (χ0n) is 6.86. The van der Waals surface area contributed by atoms with E-state index >= 15 is 0 Å². The van der Waals surface area contributed by atoms with Gasteiger partial charge in [0.05, 0.1) is 6.10 Å². The third-order valence-electron chi connectivity index (χ3n) is 1.26. The van der Waals surface area contributed by atoms with Gasteiger partial charge in [0.15, 0.2) is 0 Å². The first kappa shape index (κ1) is 10.2. The molecule has 0 saturated heterocycles. The summed E-state index contributed by atoms with van der Waals surface area (Å²) in [5.74, 6) is 0. The van der Waals surface area contributed by atoms with Crippen LogP contribution in [0.3, 0.4) is 0 Å². The Morgan fingerprint density at radius 1 is 1.40 bits per heavy atom. The maximum atomic E-state index is 5.70. The fourth-order valence-corrected chi connectivity index (χ4v) is 0.678. The minimum absolute atomic E-state index is 0.198. The molecule has 1 N–H and O–H groups in total. The lowest BCUT2D eigenvalue weighted by molar-refractivity contribution is 0.117. The van der Waals surface area contributed by atoms with Crippen LogP contribution in [0.4, 0.5) is 0 Å². The van der Waals surface area contributed by atoms with Gasteiger partial charge in [-0.3, -0.25) is 0 Å². The Kier molecular flexibility index (Phi) is 6.08. The zero-order chi connectivity index (χ0) is 7.98. The van der Waals surface area contributed by atoms with Crippen LogP contribution >= 0.6 is 11.6 Å². The molecule has 0 radical (unpaired) electrons. The second-order valence-corrected chi connectivity index (χ2v) is 3.23. The van der Waals surface area contributed by atoms with E-state index in [4.69, 9.17) is 16.3 Å². The molecule has 0 heterocycles. The molecule has 0 aromatic rings. The van der Waals surface area contributed by atoms with Crippen LogP contribution in [-0.2, 0) is 4.74 Å². The molecule has 0 aromatic carbocycles. The molecule has 3 heteroatoms. The Labute approximate surface area is 67.9 Å². The van der Waals surface area contributed by atoms with Crippen LogP contribution in [0.1, 0.15) is 13.8 Å². The SMILES string of the molecule is COC(C)CNCC(C)Cl. The zero-order valence-corrected chi connectivity index (χ0v) is 7.61. The van der Waals surface area contributed by atoms with Gasteiger partial charge < -0.3 is 10.1 Å². The lowest BCUT2D eigenvalue weighted by Gasteiger charge is -2.10. The van der Waals surface area contributed by atoms with Gasteiger partial charge in [0.1, 0.15) is 0 Å². The number of ether oxygens (including phenoxy) is 1. The van der Waals surface area contributed by atoms with Crippen LogP contribution in [0.5, 0.6) is 0 Å². The summed E-state index contributed by atoms with van der Waals surface area (Å²) in [6.07, 6.45) is 0.274. The molecule has 0 saturated carbocycles. The minimum Gasteiger partial charge on any atom is -0.380 e. The van der Waals surface area contributed by atoms with Crippen molar-refractivity contribution in [2.75, 3.05) is 20.2 Å². The van der Waals surface area contributed by atoms with E-state index in [1.807, 2.05) is 13.8 Å². The highest BCUT2D eigenvalue weighted by Crippen LogP contribution is 1.90. The van der Waals surface area contributed by atoms with Crippen molar-refractivity contribution in [3.05, 3.63) is 0 Å². The molecule has 0 bridgehead atoms. The molecule has 10 heavy (non-hydrogen) atoms. The van der Waals surface area contributed by atoms with Crippen LogP contribution in [0.25, 0.3) is 0 Å². The summed E-state index contributed by atoms with van der Waals surface area (Å²) in [5, 5.41) is 3.38. The molecule has 0 rings (SSSR count). The van der Waals surface area contributed by atoms with Gasteiger partial charge in [-0.05, 0) is 13.8 Å². The number of hydrogen-bond acceptors (Lipinski definition) is 2. The Balaban J connectivity index is 3.03. The molecule has 62 valence electrons. The third-order valence-corrected chi connectivity index (χ3v) is 1.41. The number of methoxy groups -OCH3 is 1. The average Bonchev–Trinajstić information content (AvgIpc) is 1.87. The minimum atomic E-state index is 0.198. The Morgan fingerprint density at radius 2 is 2.00 bits per heavy atom. The van der Waals surface area contributed by atoms with Crippen molar-refractivity contribution in [2.45, 2.75) is 25.3 Å². The molecular weight excluding hydrogens is 150 g/mol. The maximum Gasteiger partial charge on any atom is 0.0667 e. The third kappa shape index (κ3) is 6.33. The summed E-state index contributed by atoms with van der Waals surface area (Å²) in [5.41, 5.74) is 0. The molecule has 0 aliphatic rings. The van der Waals surface area contributed by atoms with E-state index in [0.717, 1.165) is 13.1 Å². The van der Waals surface area contributed by atoms with Gasteiger partial charge in [-0.1, -0.05) is 0 Å². The molecule has 0 spiro atoms. The molecule has 2 nitrogen and oxygen atoms in total. The van der Waals surface area contributed by atoms with E-state index in [9.17, 15) is 0 Å². The maximum absolute atomic E-state index is 5.70. The molecule has 0 fully saturated rings. The molecule has 0 aliphatic heterocycles. The van der Waals surface area contributed by atoms with Crippen molar-refractivity contribution < 1.29 is 4.74 Å². The number of halogens is 1. The first-order valence-electron chi connectivity index (χ1n) is 3.54. The molecule has 0 aliphatic carbocycles. The number of rotatable bonds is 5. The first-order chi connectivity index (χ1) is 4.66. The van der Waals surface area contributed by atoms with Crippen molar-refractivity contribution in [3.63, 3.8) is 0 Å². The largest absolute Gasteiger partial charge is 0.380 e. The average molecular weight is 166 g/mol. The van der Waals surface area contributed by atoms with Crippen LogP contribution in [-0.4, -0.2) is 31.7 Å². The highest BCUT2D eigenvalue weighted by atomic mass is 35.5. The summed E-state index contributed by atoms with van der Waals surface area (Å²) in [6, 6.07) is 0. The lowest BCUT2D eigenvalue weighted by atomic mass is 10.4. The fourth-order valence-electron chi connectivity index (χ4n) is 0.569. The van der Waals surface area contributed by atoms with Gasteiger partial charge in [0.2, 0.25) is 0 Å². The van der Waals surface area contributed by atoms with Crippen LogP contribution in [0, 0.1) is 0 Å². The smallest absolute Gasteiger partial charge is 0.0667 e. The lowest BCUT2D eigenvalue weighted by Crippen LogP contribution is -2.29. The van der Waals surface area contributed by atoms with Gasteiger partial charge >= 0.3 is 0 Å². The monoisotopic (exact) mass is 165 g/mol. The number of alkyl halides is 1. The van der Waals surface area contributed by atoms with Crippen molar-refractivity contribution >= 4 is 11.6 Å². The van der Waals surface area contributed by atoms with E-state index < -0.39 is 0 Å². The highest BCUT2D eigenvalue weighted by Gasteiger charge is 1.99. The predicted molar refractivity (Wildman–Crippen MR) is 44.7 cm³/mol. The summed E-state index contributed by atoms with van der Waals surface area (Å²) in [6.45, 7) is 5.70. The summed E-state index contributed by atoms with van der Waals surface area (Å²) in [4.78, 5) is 0. The van der Waals surface area contributed by atoms with E-state index in [-0.39, 0.29) is 11.5 Å². The second-order valence-electron chi connectivity index (χ2n) is 2.49. The van der Waals surface area contributed by atoms with Crippen molar-refractivity contribution in [3.8, 4) is 0 Å². The van der Waals surface area contributed by atoms with E-state index in [1.165, 1.54) is 0 Å². The first-order valence-corrected chi connectivity index (χ1v) is 3.98. The summed E-state index contributed by atoms with van der Waals surface area (Å²) >= 11 is 5.70. The molecule has 0 amide bonds. The molecule has 0 aromatic heterocycles. The summed E-state index contributed by atoms with van der Waals surface area (Å²) in [7, 11) is 1.70. The number of hydrogen-bond donors (Lipinski definition) is 1. The molecular formula is C7H16ClNO. The second kappa shape index (κ2) is 5.96. The van der Waals surface area contributed by atoms with Crippen molar-refractivity contribution in [1.29, 1.82) is 0 Å². The highest BCUT2D eigenvalue weighted by molar-refractivity contribution is 6.20. The van der Waals surface area contributed by atoms with E-state index in [2.05, 4.69) is 5.32 Å². The Morgan fingerprint density at radius 3 is 2.40 bits per heavy atom. The Hall–Kier alpha value is 0.210. The van der Waals surface area contributed by atoms with E-state index in [0.29, 0.717) is 0 Å². The van der Waals surface area contributed by atoms with Crippen LogP contribution in [0.15, 0.2) is 0 Å². The van der Waals surface area contributed by atoms with E-state index in [1.54, 1.807) is 7.11 Å². The quantitative estimate of drug-likeness (QED) is 0.619. The normalized spacial score (nSPS) is 16.8.